The second-order valence-electron chi connectivity index (χ2n) is 3.28. The molecule has 1 aliphatic heterocycles. The lowest BCUT2D eigenvalue weighted by molar-refractivity contribution is 0.299. The molecule has 2 N–H and O–H groups in total. The van der Waals surface area contributed by atoms with Gasteiger partial charge in [-0.3, -0.25) is 4.72 Å². The number of aliphatic hydroxyl groups is 1. The van der Waals surface area contributed by atoms with Crippen LogP contribution in [0.3, 0.4) is 0 Å². The molecular weight excluding hydrogens is 218 g/mol. The molecule has 0 atom stereocenters. The number of benzene rings is 1. The zero-order valence-electron chi connectivity index (χ0n) is 7.93. The van der Waals surface area contributed by atoms with Crippen LogP contribution in [0.1, 0.15) is 5.56 Å². The van der Waals surface area contributed by atoms with Crippen LogP contribution in [0.2, 0.25) is 0 Å². The maximum atomic E-state index is 11.2. The van der Waals surface area contributed by atoms with Crippen molar-refractivity contribution in [3.8, 4) is 5.75 Å². The minimum absolute atomic E-state index is 0.0341. The fraction of sp³-hybridized carbons (Fsp3) is 0.333. The summed E-state index contributed by atoms with van der Waals surface area (Å²) in [4.78, 5) is 0. The van der Waals surface area contributed by atoms with E-state index in [1.807, 2.05) is 0 Å². The van der Waals surface area contributed by atoms with Crippen molar-refractivity contribution in [1.29, 1.82) is 0 Å². The summed E-state index contributed by atoms with van der Waals surface area (Å²) < 4.78 is 29.9. The van der Waals surface area contributed by atoms with E-state index in [0.29, 0.717) is 17.9 Å². The van der Waals surface area contributed by atoms with Crippen LogP contribution in [0.15, 0.2) is 18.2 Å². The molecular formula is C9H11NO4S. The number of anilines is 1. The molecule has 0 radical (unpaired) electrons. The summed E-state index contributed by atoms with van der Waals surface area (Å²) in [5.74, 6) is 0.172. The van der Waals surface area contributed by atoms with Crippen LogP contribution in [-0.4, -0.2) is 26.1 Å². The molecule has 1 aromatic rings. The average Bonchev–Trinajstić information content (AvgIpc) is 2.16. The predicted molar refractivity (Wildman–Crippen MR) is 55.3 cm³/mol. The van der Waals surface area contributed by atoms with E-state index in [1.54, 1.807) is 18.2 Å². The maximum absolute atomic E-state index is 11.2. The van der Waals surface area contributed by atoms with Gasteiger partial charge in [0.15, 0.2) is 0 Å². The monoisotopic (exact) mass is 229 g/mol. The first-order valence-electron chi connectivity index (χ1n) is 4.48. The molecule has 6 heteroatoms. The van der Waals surface area contributed by atoms with E-state index in [4.69, 9.17) is 9.84 Å². The Kier molecular flexibility index (Phi) is 2.54. The Morgan fingerprint density at radius 2 is 2.27 bits per heavy atom. The van der Waals surface area contributed by atoms with Crippen molar-refractivity contribution in [2.75, 3.05) is 17.3 Å². The van der Waals surface area contributed by atoms with Crippen LogP contribution in [0.4, 0.5) is 5.69 Å². The van der Waals surface area contributed by atoms with Gasteiger partial charge in [-0.05, 0) is 24.1 Å². The quantitative estimate of drug-likeness (QED) is 0.765. The van der Waals surface area contributed by atoms with Crippen LogP contribution in [-0.2, 0) is 16.4 Å². The lowest BCUT2D eigenvalue weighted by atomic mass is 10.1. The van der Waals surface area contributed by atoms with E-state index in [1.165, 1.54) is 0 Å². The molecule has 0 fully saturated rings. The van der Waals surface area contributed by atoms with Crippen molar-refractivity contribution >= 4 is 15.7 Å². The summed E-state index contributed by atoms with van der Waals surface area (Å²) >= 11 is 0. The number of nitrogens with one attached hydrogen (secondary N) is 1. The summed E-state index contributed by atoms with van der Waals surface area (Å²) in [6.07, 6.45) is 0.495. The van der Waals surface area contributed by atoms with E-state index in [2.05, 4.69) is 4.72 Å². The molecule has 1 heterocycles. The molecule has 0 unspecified atom stereocenters. The number of aliphatic hydroxyl groups excluding tert-OH is 1. The normalized spacial score (nSPS) is 17.4. The smallest absolute Gasteiger partial charge is 0.268 e. The second kappa shape index (κ2) is 3.71. The van der Waals surface area contributed by atoms with Crippen molar-refractivity contribution in [2.24, 2.45) is 0 Å². The Morgan fingerprint density at radius 1 is 1.47 bits per heavy atom. The van der Waals surface area contributed by atoms with Gasteiger partial charge >= 0.3 is 0 Å². The average molecular weight is 229 g/mol. The summed E-state index contributed by atoms with van der Waals surface area (Å²) in [5, 5.41) is 8.76. The minimum atomic E-state index is -3.36. The molecule has 0 saturated heterocycles. The number of sulfonamides is 1. The minimum Gasteiger partial charge on any atom is -0.474 e. The molecule has 0 spiro atoms. The number of ether oxygens (including phenoxy) is 1. The van der Waals surface area contributed by atoms with E-state index < -0.39 is 10.0 Å². The van der Waals surface area contributed by atoms with Crippen LogP contribution in [0.5, 0.6) is 5.75 Å². The van der Waals surface area contributed by atoms with Crippen molar-refractivity contribution in [1.82, 2.24) is 0 Å². The van der Waals surface area contributed by atoms with Gasteiger partial charge in [-0.2, -0.15) is 0 Å². The van der Waals surface area contributed by atoms with E-state index in [0.717, 1.165) is 5.56 Å². The molecule has 5 nitrogen and oxygen atoms in total. The van der Waals surface area contributed by atoms with Gasteiger partial charge < -0.3 is 9.84 Å². The lowest BCUT2D eigenvalue weighted by Crippen LogP contribution is -2.25. The molecule has 0 aromatic heterocycles. The molecule has 1 aliphatic rings. The van der Waals surface area contributed by atoms with Gasteiger partial charge in [0.05, 0.1) is 5.69 Å². The van der Waals surface area contributed by atoms with Gasteiger partial charge in [0, 0.05) is 6.61 Å². The van der Waals surface area contributed by atoms with Crippen LogP contribution >= 0.6 is 0 Å². The van der Waals surface area contributed by atoms with Crippen molar-refractivity contribution in [2.45, 2.75) is 6.42 Å². The topological polar surface area (TPSA) is 75.6 Å². The number of rotatable bonds is 2. The fourth-order valence-corrected chi connectivity index (χ4v) is 2.24. The Bertz CT molecular complexity index is 469. The fourth-order valence-electron chi connectivity index (χ4n) is 1.41. The molecule has 0 saturated carbocycles. The highest BCUT2D eigenvalue weighted by molar-refractivity contribution is 7.92. The number of fused-ring (bicyclic) bond motifs is 1. The van der Waals surface area contributed by atoms with E-state index >= 15 is 0 Å². The highest BCUT2D eigenvalue weighted by Gasteiger charge is 2.20. The van der Waals surface area contributed by atoms with Crippen LogP contribution in [0, 0.1) is 0 Å². The molecule has 0 aliphatic carbocycles. The molecule has 2 rings (SSSR count). The van der Waals surface area contributed by atoms with E-state index in [9.17, 15) is 8.42 Å². The molecule has 15 heavy (non-hydrogen) atoms. The van der Waals surface area contributed by atoms with Gasteiger partial charge in [0.25, 0.3) is 10.0 Å². The standard InChI is InChI=1S/C9H11NO4S/c11-4-3-7-1-2-9-8(5-7)10-15(12,13)6-14-9/h1-2,5,10-11H,3-4,6H2. The maximum Gasteiger partial charge on any atom is 0.268 e. The van der Waals surface area contributed by atoms with Gasteiger partial charge in [0.1, 0.15) is 5.75 Å². The second-order valence-corrected chi connectivity index (χ2v) is 4.95. The van der Waals surface area contributed by atoms with Crippen molar-refractivity contribution < 1.29 is 18.3 Å². The Morgan fingerprint density at radius 3 is 3.00 bits per heavy atom. The summed E-state index contributed by atoms with van der Waals surface area (Å²) in [5.41, 5.74) is 1.30. The van der Waals surface area contributed by atoms with Gasteiger partial charge in [-0.15, -0.1) is 0 Å². The zero-order chi connectivity index (χ0) is 10.9. The summed E-state index contributed by atoms with van der Waals surface area (Å²) in [6, 6.07) is 5.17. The predicted octanol–water partition coefficient (Wildman–Crippen LogP) is 0.313. The lowest BCUT2D eigenvalue weighted by Gasteiger charge is -2.19. The highest BCUT2D eigenvalue weighted by Crippen LogP contribution is 2.30. The third-order valence-electron chi connectivity index (χ3n) is 2.08. The largest absolute Gasteiger partial charge is 0.474 e. The number of hydrogen-bond acceptors (Lipinski definition) is 4. The van der Waals surface area contributed by atoms with Crippen molar-refractivity contribution in [3.63, 3.8) is 0 Å². The highest BCUT2D eigenvalue weighted by atomic mass is 32.2. The SMILES string of the molecule is O=S1(=O)COc2ccc(CCO)cc2N1. The van der Waals surface area contributed by atoms with Gasteiger partial charge in [-0.1, -0.05) is 6.07 Å². The van der Waals surface area contributed by atoms with Gasteiger partial charge in [-0.25, -0.2) is 8.42 Å². The van der Waals surface area contributed by atoms with E-state index in [-0.39, 0.29) is 12.5 Å². The summed E-state index contributed by atoms with van der Waals surface area (Å²) in [6.45, 7) is 0.0341. The van der Waals surface area contributed by atoms with Crippen molar-refractivity contribution in [3.05, 3.63) is 23.8 Å². The molecule has 1 aromatic carbocycles. The van der Waals surface area contributed by atoms with Crippen LogP contribution < -0.4 is 9.46 Å². The Balaban J connectivity index is 2.35. The van der Waals surface area contributed by atoms with Crippen LogP contribution in [0.25, 0.3) is 0 Å². The zero-order valence-corrected chi connectivity index (χ0v) is 8.75. The Hall–Kier alpha value is -1.27. The summed E-state index contributed by atoms with van der Waals surface area (Å²) in [7, 11) is -3.36. The molecule has 0 bridgehead atoms. The third kappa shape index (κ3) is 2.21. The van der Waals surface area contributed by atoms with Gasteiger partial charge in [0.2, 0.25) is 5.94 Å². The Labute approximate surface area is 87.7 Å². The first-order valence-corrected chi connectivity index (χ1v) is 6.13. The third-order valence-corrected chi connectivity index (χ3v) is 3.04. The molecule has 0 amide bonds. The first-order chi connectivity index (χ1) is 7.11. The molecule has 82 valence electrons. The first kappa shape index (κ1) is 10.3. The number of hydrogen-bond donors (Lipinski definition) is 2.